The van der Waals surface area contributed by atoms with Crippen LogP contribution in [0.3, 0.4) is 0 Å². The second-order valence-corrected chi connectivity index (χ2v) is 4.40. The number of hydrogen-bond donors (Lipinski definition) is 1. The fourth-order valence-corrected chi connectivity index (χ4v) is 2.33. The molecular weight excluding hydrogens is 186 g/mol. The molecule has 13 heavy (non-hydrogen) atoms. The SMILES string of the molecule is C=C1NC(=O)CC1SCCC(C)=O. The molecule has 1 saturated heterocycles. The molecule has 1 heterocycles. The molecule has 0 spiro atoms. The molecule has 1 atom stereocenters. The quantitative estimate of drug-likeness (QED) is 0.737. The summed E-state index contributed by atoms with van der Waals surface area (Å²) >= 11 is 1.62. The average Bonchev–Trinajstić information content (AvgIpc) is 2.29. The van der Waals surface area contributed by atoms with Crippen molar-refractivity contribution in [2.24, 2.45) is 0 Å². The van der Waals surface area contributed by atoms with E-state index in [2.05, 4.69) is 11.9 Å². The minimum atomic E-state index is 0.0327. The summed E-state index contributed by atoms with van der Waals surface area (Å²) in [6.07, 6.45) is 1.07. The monoisotopic (exact) mass is 199 g/mol. The second-order valence-electron chi connectivity index (χ2n) is 3.09. The molecule has 1 aliphatic heterocycles. The Morgan fingerprint density at radius 1 is 1.77 bits per heavy atom. The van der Waals surface area contributed by atoms with Crippen molar-refractivity contribution in [1.82, 2.24) is 5.32 Å². The van der Waals surface area contributed by atoms with Crippen molar-refractivity contribution in [2.75, 3.05) is 5.75 Å². The second kappa shape index (κ2) is 4.46. The number of carbonyl (C=O) groups excluding carboxylic acids is 2. The first-order chi connectivity index (χ1) is 6.09. The molecule has 1 aliphatic rings. The Kier molecular flexibility index (Phi) is 3.54. The summed E-state index contributed by atoms with van der Waals surface area (Å²) in [5, 5.41) is 2.82. The molecule has 72 valence electrons. The Labute approximate surface area is 82.0 Å². The van der Waals surface area contributed by atoms with Gasteiger partial charge in [0, 0.05) is 24.3 Å². The normalized spacial score (nSPS) is 21.8. The lowest BCUT2D eigenvalue weighted by Gasteiger charge is -2.07. The lowest BCUT2D eigenvalue weighted by molar-refractivity contribution is -0.119. The van der Waals surface area contributed by atoms with E-state index in [-0.39, 0.29) is 16.9 Å². The molecule has 0 aromatic rings. The van der Waals surface area contributed by atoms with Crippen LogP contribution in [0.5, 0.6) is 0 Å². The molecule has 1 rings (SSSR count). The molecule has 0 bridgehead atoms. The highest BCUT2D eigenvalue weighted by molar-refractivity contribution is 8.00. The summed E-state index contributed by atoms with van der Waals surface area (Å²) in [6, 6.07) is 0. The van der Waals surface area contributed by atoms with E-state index in [0.717, 1.165) is 11.4 Å². The molecular formula is C9H13NO2S. The molecule has 0 aliphatic carbocycles. The van der Waals surface area contributed by atoms with Gasteiger partial charge in [0.15, 0.2) is 0 Å². The zero-order valence-corrected chi connectivity index (χ0v) is 8.45. The molecule has 0 saturated carbocycles. The summed E-state index contributed by atoms with van der Waals surface area (Å²) in [6.45, 7) is 5.32. The van der Waals surface area contributed by atoms with Crippen LogP contribution >= 0.6 is 11.8 Å². The van der Waals surface area contributed by atoms with Gasteiger partial charge in [-0.1, -0.05) is 6.58 Å². The van der Waals surface area contributed by atoms with Crippen LogP contribution in [-0.2, 0) is 9.59 Å². The van der Waals surface area contributed by atoms with Crippen molar-refractivity contribution < 1.29 is 9.59 Å². The van der Waals surface area contributed by atoms with Crippen molar-refractivity contribution in [1.29, 1.82) is 0 Å². The van der Waals surface area contributed by atoms with E-state index in [1.807, 2.05) is 0 Å². The van der Waals surface area contributed by atoms with Crippen molar-refractivity contribution >= 4 is 23.5 Å². The Morgan fingerprint density at radius 2 is 2.46 bits per heavy atom. The molecule has 1 unspecified atom stereocenters. The first-order valence-electron chi connectivity index (χ1n) is 4.19. The predicted molar refractivity (Wildman–Crippen MR) is 53.4 cm³/mol. The van der Waals surface area contributed by atoms with Gasteiger partial charge in [0.25, 0.3) is 0 Å². The van der Waals surface area contributed by atoms with Gasteiger partial charge in [-0.05, 0) is 6.92 Å². The maximum absolute atomic E-state index is 10.9. The number of Topliss-reactive ketones (excluding diaryl/α,β-unsaturated/α-hetero) is 1. The van der Waals surface area contributed by atoms with Crippen LogP contribution in [0.25, 0.3) is 0 Å². The highest BCUT2D eigenvalue weighted by Gasteiger charge is 2.25. The number of nitrogens with one attached hydrogen (secondary N) is 1. The molecule has 1 amide bonds. The fourth-order valence-electron chi connectivity index (χ4n) is 1.11. The van der Waals surface area contributed by atoms with Gasteiger partial charge in [0.2, 0.25) is 5.91 Å². The van der Waals surface area contributed by atoms with Crippen LogP contribution in [0.15, 0.2) is 12.3 Å². The number of carbonyl (C=O) groups is 2. The van der Waals surface area contributed by atoms with E-state index in [0.29, 0.717) is 12.8 Å². The van der Waals surface area contributed by atoms with Gasteiger partial charge in [-0.25, -0.2) is 0 Å². The molecule has 0 aromatic carbocycles. The topological polar surface area (TPSA) is 46.2 Å². The van der Waals surface area contributed by atoms with E-state index >= 15 is 0 Å². The lowest BCUT2D eigenvalue weighted by atomic mass is 10.3. The summed E-state index contributed by atoms with van der Waals surface area (Å²) in [7, 11) is 0. The number of ketones is 1. The van der Waals surface area contributed by atoms with Gasteiger partial charge in [-0.2, -0.15) is 11.8 Å². The highest BCUT2D eigenvalue weighted by atomic mass is 32.2. The van der Waals surface area contributed by atoms with Crippen molar-refractivity contribution in [3.63, 3.8) is 0 Å². The molecule has 1 N–H and O–H groups in total. The minimum absolute atomic E-state index is 0.0327. The summed E-state index contributed by atoms with van der Waals surface area (Å²) in [5.74, 6) is 0.995. The van der Waals surface area contributed by atoms with E-state index in [9.17, 15) is 9.59 Å². The van der Waals surface area contributed by atoms with Crippen LogP contribution in [0, 0.1) is 0 Å². The average molecular weight is 199 g/mol. The Bertz CT molecular complexity index is 250. The van der Waals surface area contributed by atoms with Crippen LogP contribution in [0.4, 0.5) is 0 Å². The van der Waals surface area contributed by atoms with Crippen LogP contribution in [-0.4, -0.2) is 22.7 Å². The minimum Gasteiger partial charge on any atom is -0.329 e. The molecule has 3 nitrogen and oxygen atoms in total. The highest BCUT2D eigenvalue weighted by Crippen LogP contribution is 2.25. The smallest absolute Gasteiger partial charge is 0.225 e. The molecule has 4 heteroatoms. The zero-order valence-electron chi connectivity index (χ0n) is 7.63. The lowest BCUT2D eigenvalue weighted by Crippen LogP contribution is -2.11. The Balaban J connectivity index is 2.26. The first-order valence-corrected chi connectivity index (χ1v) is 5.24. The summed E-state index contributed by atoms with van der Waals surface area (Å²) in [4.78, 5) is 21.6. The number of amides is 1. The first kappa shape index (κ1) is 10.3. The van der Waals surface area contributed by atoms with Gasteiger partial charge in [-0.3, -0.25) is 9.59 Å². The molecule has 0 aromatic heterocycles. The van der Waals surface area contributed by atoms with Crippen LogP contribution in [0.1, 0.15) is 19.8 Å². The van der Waals surface area contributed by atoms with Gasteiger partial charge < -0.3 is 5.32 Å². The van der Waals surface area contributed by atoms with E-state index in [4.69, 9.17) is 0 Å². The number of rotatable bonds is 4. The van der Waals surface area contributed by atoms with Gasteiger partial charge in [0.1, 0.15) is 5.78 Å². The van der Waals surface area contributed by atoms with Gasteiger partial charge in [0.05, 0.1) is 5.25 Å². The maximum Gasteiger partial charge on any atom is 0.225 e. The Hall–Kier alpha value is -0.770. The largest absolute Gasteiger partial charge is 0.329 e. The van der Waals surface area contributed by atoms with Crippen molar-refractivity contribution in [3.8, 4) is 0 Å². The Morgan fingerprint density at radius 3 is 2.92 bits per heavy atom. The van der Waals surface area contributed by atoms with Crippen LogP contribution < -0.4 is 5.32 Å². The third-order valence-corrected chi connectivity index (χ3v) is 3.13. The summed E-state index contributed by atoms with van der Waals surface area (Å²) in [5.41, 5.74) is 0.776. The van der Waals surface area contributed by atoms with Crippen molar-refractivity contribution in [3.05, 3.63) is 12.3 Å². The van der Waals surface area contributed by atoms with E-state index < -0.39 is 0 Å². The molecule has 1 fully saturated rings. The van der Waals surface area contributed by atoms with Gasteiger partial charge >= 0.3 is 0 Å². The fraction of sp³-hybridized carbons (Fsp3) is 0.556. The molecule has 0 radical (unpaired) electrons. The third-order valence-electron chi connectivity index (χ3n) is 1.83. The van der Waals surface area contributed by atoms with E-state index in [1.54, 1.807) is 18.7 Å². The summed E-state index contributed by atoms with van der Waals surface area (Å²) < 4.78 is 0. The van der Waals surface area contributed by atoms with Gasteiger partial charge in [-0.15, -0.1) is 0 Å². The number of hydrogen-bond acceptors (Lipinski definition) is 3. The van der Waals surface area contributed by atoms with Crippen molar-refractivity contribution in [2.45, 2.75) is 25.0 Å². The number of thioether (sulfide) groups is 1. The zero-order chi connectivity index (χ0) is 9.84. The van der Waals surface area contributed by atoms with Crippen LogP contribution in [0.2, 0.25) is 0 Å². The third kappa shape index (κ3) is 3.22. The predicted octanol–water partition coefficient (Wildman–Crippen LogP) is 1.10. The van der Waals surface area contributed by atoms with E-state index in [1.165, 1.54) is 0 Å². The standard InChI is InChI=1S/C9H13NO2S/c1-6(11)3-4-13-8-5-9(12)10-7(8)2/h8H,2-5H2,1H3,(H,10,12). The maximum atomic E-state index is 10.9.